The molecule has 0 saturated heterocycles. The molecule has 1 aromatic rings. The maximum atomic E-state index is 12.1. The van der Waals surface area contributed by atoms with Crippen molar-refractivity contribution in [2.24, 2.45) is 0 Å². The molecule has 0 aliphatic rings. The standard InChI is InChI=1S/C15H22N2O4/c1-12(2)17(10-13-6-4-3-5-7-13)15(20)16-8-9-21-11-14(18)19/h3-7,12H,8-11H2,1-2H3,(H,16,20)(H,18,19). The predicted octanol–water partition coefficient (Wildman–Crippen LogP) is 1.71. The number of benzene rings is 1. The van der Waals surface area contributed by atoms with Crippen LogP contribution >= 0.6 is 0 Å². The van der Waals surface area contributed by atoms with E-state index in [-0.39, 0.29) is 31.8 Å². The van der Waals surface area contributed by atoms with E-state index in [4.69, 9.17) is 9.84 Å². The first-order chi connectivity index (χ1) is 10.0. The fourth-order valence-corrected chi connectivity index (χ4v) is 1.76. The Morgan fingerprint density at radius 1 is 1.29 bits per heavy atom. The fourth-order valence-electron chi connectivity index (χ4n) is 1.76. The van der Waals surface area contributed by atoms with Crippen LogP contribution in [0.4, 0.5) is 4.79 Å². The van der Waals surface area contributed by atoms with E-state index in [2.05, 4.69) is 5.32 Å². The number of carbonyl (C=O) groups is 2. The summed E-state index contributed by atoms with van der Waals surface area (Å²) in [6.45, 7) is 4.53. The number of hydrogen-bond donors (Lipinski definition) is 2. The number of carboxylic acids is 1. The van der Waals surface area contributed by atoms with E-state index in [1.807, 2.05) is 44.2 Å². The smallest absolute Gasteiger partial charge is 0.329 e. The van der Waals surface area contributed by atoms with Crippen LogP contribution in [0.25, 0.3) is 0 Å². The zero-order valence-corrected chi connectivity index (χ0v) is 12.4. The van der Waals surface area contributed by atoms with Crippen molar-refractivity contribution in [2.75, 3.05) is 19.8 Å². The molecule has 2 amide bonds. The second-order valence-corrected chi connectivity index (χ2v) is 4.89. The Bertz CT molecular complexity index is 448. The zero-order chi connectivity index (χ0) is 15.7. The molecule has 6 heteroatoms. The highest BCUT2D eigenvalue weighted by Crippen LogP contribution is 2.08. The summed E-state index contributed by atoms with van der Waals surface area (Å²) in [7, 11) is 0. The molecule has 0 aliphatic carbocycles. The van der Waals surface area contributed by atoms with Gasteiger partial charge in [0.25, 0.3) is 0 Å². The average molecular weight is 294 g/mol. The topological polar surface area (TPSA) is 78.9 Å². The lowest BCUT2D eigenvalue weighted by Crippen LogP contribution is -2.44. The van der Waals surface area contributed by atoms with E-state index >= 15 is 0 Å². The molecule has 1 rings (SSSR count). The van der Waals surface area contributed by atoms with Gasteiger partial charge in [0.15, 0.2) is 0 Å². The lowest BCUT2D eigenvalue weighted by molar-refractivity contribution is -0.142. The molecule has 0 spiro atoms. The van der Waals surface area contributed by atoms with Crippen LogP contribution in [0.1, 0.15) is 19.4 Å². The fraction of sp³-hybridized carbons (Fsp3) is 0.467. The lowest BCUT2D eigenvalue weighted by atomic mass is 10.2. The maximum Gasteiger partial charge on any atom is 0.329 e. The second kappa shape index (κ2) is 8.97. The molecular weight excluding hydrogens is 272 g/mol. The van der Waals surface area contributed by atoms with Gasteiger partial charge in [-0.2, -0.15) is 0 Å². The monoisotopic (exact) mass is 294 g/mol. The SMILES string of the molecule is CC(C)N(Cc1ccccc1)C(=O)NCCOCC(=O)O. The average Bonchev–Trinajstić information content (AvgIpc) is 2.44. The van der Waals surface area contributed by atoms with E-state index in [9.17, 15) is 9.59 Å². The van der Waals surface area contributed by atoms with Crippen molar-refractivity contribution < 1.29 is 19.4 Å². The number of nitrogens with one attached hydrogen (secondary N) is 1. The molecule has 0 unspecified atom stereocenters. The van der Waals surface area contributed by atoms with Gasteiger partial charge in [-0.05, 0) is 19.4 Å². The molecule has 0 bridgehead atoms. The van der Waals surface area contributed by atoms with Gasteiger partial charge in [-0.3, -0.25) is 0 Å². The maximum absolute atomic E-state index is 12.1. The van der Waals surface area contributed by atoms with Crippen molar-refractivity contribution in [2.45, 2.75) is 26.4 Å². The minimum atomic E-state index is -1.02. The van der Waals surface area contributed by atoms with Crippen LogP contribution in [0.5, 0.6) is 0 Å². The first-order valence-corrected chi connectivity index (χ1v) is 6.88. The first-order valence-electron chi connectivity index (χ1n) is 6.88. The number of carboxylic acid groups (broad SMARTS) is 1. The molecule has 0 radical (unpaired) electrons. The Labute approximate surface area is 124 Å². The molecule has 0 saturated carbocycles. The highest BCUT2D eigenvalue weighted by molar-refractivity contribution is 5.74. The van der Waals surface area contributed by atoms with Crippen molar-refractivity contribution in [3.63, 3.8) is 0 Å². The van der Waals surface area contributed by atoms with Crippen LogP contribution in [0, 0.1) is 0 Å². The zero-order valence-electron chi connectivity index (χ0n) is 12.4. The predicted molar refractivity (Wildman–Crippen MR) is 79.0 cm³/mol. The van der Waals surface area contributed by atoms with E-state index in [1.165, 1.54) is 0 Å². The van der Waals surface area contributed by atoms with Gasteiger partial charge >= 0.3 is 12.0 Å². The molecule has 6 nitrogen and oxygen atoms in total. The van der Waals surface area contributed by atoms with Crippen LogP contribution in [0.3, 0.4) is 0 Å². The van der Waals surface area contributed by atoms with E-state index in [0.717, 1.165) is 5.56 Å². The van der Waals surface area contributed by atoms with Gasteiger partial charge in [0.2, 0.25) is 0 Å². The summed E-state index contributed by atoms with van der Waals surface area (Å²) in [5.74, 6) is -1.02. The van der Waals surface area contributed by atoms with E-state index < -0.39 is 5.97 Å². The minimum Gasteiger partial charge on any atom is -0.480 e. The van der Waals surface area contributed by atoms with Gasteiger partial charge in [0.05, 0.1) is 6.61 Å². The molecule has 0 fully saturated rings. The molecule has 2 N–H and O–H groups in total. The normalized spacial score (nSPS) is 10.4. The lowest BCUT2D eigenvalue weighted by Gasteiger charge is -2.27. The van der Waals surface area contributed by atoms with Crippen molar-refractivity contribution >= 4 is 12.0 Å². The number of aliphatic carboxylic acids is 1. The summed E-state index contributed by atoms with van der Waals surface area (Å²) in [5.41, 5.74) is 1.06. The summed E-state index contributed by atoms with van der Waals surface area (Å²) >= 11 is 0. The molecule has 0 aromatic heterocycles. The Hall–Kier alpha value is -2.08. The van der Waals surface area contributed by atoms with Gasteiger partial charge in [0.1, 0.15) is 6.61 Å². The molecular formula is C15H22N2O4. The number of rotatable bonds is 8. The summed E-state index contributed by atoms with van der Waals surface area (Å²) < 4.78 is 4.87. The highest BCUT2D eigenvalue weighted by Gasteiger charge is 2.16. The van der Waals surface area contributed by atoms with Gasteiger partial charge in [-0.1, -0.05) is 30.3 Å². The van der Waals surface area contributed by atoms with Gasteiger partial charge in [-0.25, -0.2) is 9.59 Å². The van der Waals surface area contributed by atoms with Crippen molar-refractivity contribution in [3.8, 4) is 0 Å². The van der Waals surface area contributed by atoms with E-state index in [1.54, 1.807) is 4.90 Å². The Balaban J connectivity index is 2.41. The van der Waals surface area contributed by atoms with Crippen LogP contribution in [-0.2, 0) is 16.1 Å². The van der Waals surface area contributed by atoms with Gasteiger partial charge in [0, 0.05) is 19.1 Å². The molecule has 0 atom stereocenters. The highest BCUT2D eigenvalue weighted by atomic mass is 16.5. The van der Waals surface area contributed by atoms with Crippen molar-refractivity contribution in [1.29, 1.82) is 0 Å². The number of nitrogens with zero attached hydrogens (tertiary/aromatic N) is 1. The molecule has 0 heterocycles. The molecule has 21 heavy (non-hydrogen) atoms. The van der Waals surface area contributed by atoms with Gasteiger partial charge < -0.3 is 20.1 Å². The Kier molecular flexibility index (Phi) is 7.25. The molecule has 0 aliphatic heterocycles. The third kappa shape index (κ3) is 6.76. The number of urea groups is 1. The number of hydrogen-bond acceptors (Lipinski definition) is 3. The first kappa shape index (κ1) is 17.0. The Morgan fingerprint density at radius 3 is 2.52 bits per heavy atom. The summed E-state index contributed by atoms with van der Waals surface area (Å²) in [4.78, 5) is 24.1. The van der Waals surface area contributed by atoms with Gasteiger partial charge in [-0.15, -0.1) is 0 Å². The number of ether oxygens (including phenoxy) is 1. The minimum absolute atomic E-state index is 0.0603. The van der Waals surface area contributed by atoms with Crippen LogP contribution < -0.4 is 5.32 Å². The number of carbonyl (C=O) groups excluding carboxylic acids is 1. The molecule has 116 valence electrons. The van der Waals surface area contributed by atoms with Crippen molar-refractivity contribution in [3.05, 3.63) is 35.9 Å². The summed E-state index contributed by atoms with van der Waals surface area (Å²) in [5, 5.41) is 11.2. The van der Waals surface area contributed by atoms with Crippen LogP contribution in [0.2, 0.25) is 0 Å². The molecule has 1 aromatic carbocycles. The third-order valence-corrected chi connectivity index (χ3v) is 2.83. The summed E-state index contributed by atoms with van der Waals surface area (Å²) in [6, 6.07) is 9.62. The van der Waals surface area contributed by atoms with Crippen LogP contribution in [-0.4, -0.2) is 47.8 Å². The van der Waals surface area contributed by atoms with E-state index in [0.29, 0.717) is 6.54 Å². The quantitative estimate of drug-likeness (QED) is 0.715. The summed E-state index contributed by atoms with van der Waals surface area (Å²) in [6.07, 6.45) is 0. The van der Waals surface area contributed by atoms with Crippen molar-refractivity contribution in [1.82, 2.24) is 10.2 Å². The largest absolute Gasteiger partial charge is 0.480 e. The third-order valence-electron chi connectivity index (χ3n) is 2.83. The number of amides is 2. The second-order valence-electron chi connectivity index (χ2n) is 4.89. The Morgan fingerprint density at radius 2 is 1.95 bits per heavy atom. The van der Waals surface area contributed by atoms with Crippen LogP contribution in [0.15, 0.2) is 30.3 Å².